The summed E-state index contributed by atoms with van der Waals surface area (Å²) in [5.74, 6) is 0.518. The van der Waals surface area contributed by atoms with Gasteiger partial charge in [0, 0.05) is 23.4 Å². The van der Waals surface area contributed by atoms with Gasteiger partial charge in [-0.1, -0.05) is 31.2 Å². The molecule has 2 nitrogen and oxygen atoms in total. The predicted octanol–water partition coefficient (Wildman–Crippen LogP) is 4.25. The van der Waals surface area contributed by atoms with Gasteiger partial charge in [0.1, 0.15) is 0 Å². The van der Waals surface area contributed by atoms with Gasteiger partial charge >= 0.3 is 0 Å². The molecule has 0 bridgehead atoms. The summed E-state index contributed by atoms with van der Waals surface area (Å²) in [5, 5.41) is 3.47. The SMILES string of the molecule is C/C=C\NC1C=C(C)C(c2cccnc2C)=CC1CC. The highest BCUT2D eigenvalue weighted by Crippen LogP contribution is 2.33. The van der Waals surface area contributed by atoms with Crippen molar-refractivity contribution in [3.63, 3.8) is 0 Å². The van der Waals surface area contributed by atoms with E-state index >= 15 is 0 Å². The molecule has 1 aromatic rings. The molecule has 0 radical (unpaired) electrons. The highest BCUT2D eigenvalue weighted by Gasteiger charge is 2.22. The minimum Gasteiger partial charge on any atom is -0.384 e. The van der Waals surface area contributed by atoms with Gasteiger partial charge in [0.25, 0.3) is 0 Å². The predicted molar refractivity (Wildman–Crippen MR) is 86.2 cm³/mol. The molecule has 0 spiro atoms. The van der Waals surface area contributed by atoms with E-state index in [1.807, 2.05) is 31.5 Å². The van der Waals surface area contributed by atoms with Crippen LogP contribution in [0.25, 0.3) is 5.57 Å². The third kappa shape index (κ3) is 3.01. The van der Waals surface area contributed by atoms with Crippen LogP contribution < -0.4 is 5.32 Å². The van der Waals surface area contributed by atoms with Crippen molar-refractivity contribution >= 4 is 5.57 Å². The molecule has 0 saturated carbocycles. The molecule has 0 fully saturated rings. The van der Waals surface area contributed by atoms with Crippen LogP contribution in [0.1, 0.15) is 38.4 Å². The first-order valence-corrected chi connectivity index (χ1v) is 7.37. The second-order valence-electron chi connectivity index (χ2n) is 5.33. The summed E-state index contributed by atoms with van der Waals surface area (Å²) in [7, 11) is 0. The first-order chi connectivity index (χ1) is 9.67. The van der Waals surface area contributed by atoms with Gasteiger partial charge in [-0.05, 0) is 50.6 Å². The standard InChI is InChI=1S/C18H24N2/c1-5-9-20-18-11-13(3)17(12-15(18)6-2)16-8-7-10-19-14(16)4/h5,7-12,15,18,20H,6H2,1-4H3/b9-5-. The smallest absolute Gasteiger partial charge is 0.0507 e. The van der Waals surface area contributed by atoms with Crippen molar-refractivity contribution in [1.29, 1.82) is 0 Å². The summed E-state index contributed by atoms with van der Waals surface area (Å²) in [6.45, 7) is 8.55. The van der Waals surface area contributed by atoms with Gasteiger partial charge in [-0.25, -0.2) is 0 Å². The summed E-state index contributed by atoms with van der Waals surface area (Å²) in [4.78, 5) is 4.41. The molecular weight excluding hydrogens is 244 g/mol. The van der Waals surface area contributed by atoms with Crippen molar-refractivity contribution in [1.82, 2.24) is 10.3 Å². The first kappa shape index (κ1) is 14.6. The Kier molecular flexibility index (Phi) is 4.78. The minimum atomic E-state index is 0.386. The number of hydrogen-bond acceptors (Lipinski definition) is 2. The van der Waals surface area contributed by atoms with Crippen LogP contribution in [0.3, 0.4) is 0 Å². The Balaban J connectivity index is 2.34. The molecule has 2 unspecified atom stereocenters. The van der Waals surface area contributed by atoms with Crippen molar-refractivity contribution < 1.29 is 0 Å². The second kappa shape index (κ2) is 6.56. The summed E-state index contributed by atoms with van der Waals surface area (Å²) >= 11 is 0. The summed E-state index contributed by atoms with van der Waals surface area (Å²) in [5.41, 5.74) is 5.01. The lowest BCUT2D eigenvalue weighted by Crippen LogP contribution is -2.32. The van der Waals surface area contributed by atoms with Crippen LogP contribution in [0.15, 0.2) is 48.3 Å². The van der Waals surface area contributed by atoms with Gasteiger partial charge < -0.3 is 5.32 Å². The zero-order valence-corrected chi connectivity index (χ0v) is 12.9. The Morgan fingerprint density at radius 3 is 2.75 bits per heavy atom. The minimum absolute atomic E-state index is 0.386. The molecule has 1 aromatic heterocycles. The molecule has 2 atom stereocenters. The highest BCUT2D eigenvalue weighted by molar-refractivity contribution is 5.81. The Hall–Kier alpha value is -1.83. The zero-order valence-electron chi connectivity index (χ0n) is 12.9. The van der Waals surface area contributed by atoms with E-state index in [2.05, 4.69) is 49.3 Å². The van der Waals surface area contributed by atoms with Crippen LogP contribution in [-0.4, -0.2) is 11.0 Å². The normalized spacial score (nSPS) is 22.6. The van der Waals surface area contributed by atoms with Gasteiger partial charge in [0.2, 0.25) is 0 Å². The molecule has 1 heterocycles. The Bertz CT molecular complexity index is 552. The van der Waals surface area contributed by atoms with Crippen LogP contribution in [-0.2, 0) is 0 Å². The molecular formula is C18H24N2. The van der Waals surface area contributed by atoms with E-state index in [0.29, 0.717) is 12.0 Å². The largest absolute Gasteiger partial charge is 0.384 e. The fourth-order valence-corrected chi connectivity index (χ4v) is 2.75. The average Bonchev–Trinajstić information content (AvgIpc) is 2.46. The number of nitrogens with one attached hydrogen (secondary N) is 1. The molecule has 2 heteroatoms. The van der Waals surface area contributed by atoms with Gasteiger partial charge in [0.05, 0.1) is 6.04 Å². The van der Waals surface area contributed by atoms with Crippen LogP contribution in [0.5, 0.6) is 0 Å². The van der Waals surface area contributed by atoms with Gasteiger partial charge in [0.15, 0.2) is 0 Å². The van der Waals surface area contributed by atoms with E-state index in [-0.39, 0.29) is 0 Å². The number of pyridine rings is 1. The van der Waals surface area contributed by atoms with Crippen LogP contribution >= 0.6 is 0 Å². The molecule has 1 aliphatic rings. The molecule has 0 aromatic carbocycles. The number of allylic oxidation sites excluding steroid dienone is 3. The van der Waals surface area contributed by atoms with Crippen molar-refractivity contribution in [3.05, 3.63) is 59.6 Å². The van der Waals surface area contributed by atoms with Crippen molar-refractivity contribution in [2.24, 2.45) is 5.92 Å². The molecule has 0 saturated heterocycles. The maximum absolute atomic E-state index is 4.41. The maximum Gasteiger partial charge on any atom is 0.0507 e. The third-order valence-electron chi connectivity index (χ3n) is 3.92. The molecule has 1 aliphatic carbocycles. The fourth-order valence-electron chi connectivity index (χ4n) is 2.75. The summed E-state index contributed by atoms with van der Waals surface area (Å²) < 4.78 is 0. The Labute approximate surface area is 122 Å². The molecule has 20 heavy (non-hydrogen) atoms. The van der Waals surface area contributed by atoms with Crippen LogP contribution in [0.4, 0.5) is 0 Å². The molecule has 0 amide bonds. The van der Waals surface area contributed by atoms with E-state index in [1.165, 1.54) is 16.7 Å². The molecule has 0 aliphatic heterocycles. The van der Waals surface area contributed by atoms with E-state index in [9.17, 15) is 0 Å². The number of rotatable bonds is 4. The fraction of sp³-hybridized carbons (Fsp3) is 0.389. The van der Waals surface area contributed by atoms with E-state index in [4.69, 9.17) is 0 Å². The van der Waals surface area contributed by atoms with Crippen LogP contribution in [0.2, 0.25) is 0 Å². The maximum atomic E-state index is 4.41. The average molecular weight is 268 g/mol. The lowest BCUT2D eigenvalue weighted by Gasteiger charge is -2.28. The van der Waals surface area contributed by atoms with Crippen molar-refractivity contribution in [2.75, 3.05) is 0 Å². The third-order valence-corrected chi connectivity index (χ3v) is 3.92. The quantitative estimate of drug-likeness (QED) is 0.883. The number of aromatic nitrogens is 1. The molecule has 1 N–H and O–H groups in total. The number of aryl methyl sites for hydroxylation is 1. The second-order valence-corrected chi connectivity index (χ2v) is 5.33. The Morgan fingerprint density at radius 2 is 2.10 bits per heavy atom. The van der Waals surface area contributed by atoms with Crippen LogP contribution in [0, 0.1) is 12.8 Å². The highest BCUT2D eigenvalue weighted by atomic mass is 14.9. The van der Waals surface area contributed by atoms with Crippen molar-refractivity contribution in [3.8, 4) is 0 Å². The number of nitrogens with zero attached hydrogens (tertiary/aromatic N) is 1. The lowest BCUT2D eigenvalue weighted by atomic mass is 9.83. The van der Waals surface area contributed by atoms with E-state index in [0.717, 1.165) is 12.1 Å². The van der Waals surface area contributed by atoms with E-state index in [1.54, 1.807) is 0 Å². The Morgan fingerprint density at radius 1 is 1.30 bits per heavy atom. The number of hydrogen-bond donors (Lipinski definition) is 1. The van der Waals surface area contributed by atoms with Gasteiger partial charge in [-0.2, -0.15) is 0 Å². The first-order valence-electron chi connectivity index (χ1n) is 7.37. The lowest BCUT2D eigenvalue weighted by molar-refractivity contribution is 0.502. The molecule has 2 rings (SSSR count). The van der Waals surface area contributed by atoms with E-state index < -0.39 is 0 Å². The molecule has 106 valence electrons. The summed E-state index contributed by atoms with van der Waals surface area (Å²) in [6.07, 6.45) is 11.8. The topological polar surface area (TPSA) is 24.9 Å². The van der Waals surface area contributed by atoms with Gasteiger partial charge in [-0.3, -0.25) is 4.98 Å². The van der Waals surface area contributed by atoms with Crippen molar-refractivity contribution in [2.45, 2.75) is 40.2 Å². The zero-order chi connectivity index (χ0) is 14.5. The summed E-state index contributed by atoms with van der Waals surface area (Å²) in [6, 6.07) is 4.57. The monoisotopic (exact) mass is 268 g/mol. The van der Waals surface area contributed by atoms with Gasteiger partial charge in [-0.15, -0.1) is 0 Å².